The molecule has 1 N–H and O–H groups in total. The highest BCUT2D eigenvalue weighted by Crippen LogP contribution is 2.40. The lowest BCUT2D eigenvalue weighted by Crippen LogP contribution is -2.35. The number of hydrogen-bond donors (Lipinski definition) is 1. The van der Waals surface area contributed by atoms with Crippen LogP contribution in [0.3, 0.4) is 0 Å². The lowest BCUT2D eigenvalue weighted by molar-refractivity contribution is 0.278. The van der Waals surface area contributed by atoms with E-state index in [1.54, 1.807) is 11.3 Å². The quantitative estimate of drug-likeness (QED) is 0.819. The van der Waals surface area contributed by atoms with E-state index in [0.717, 1.165) is 32.2 Å². The SMILES string of the molecule is CCNC(c1cc(C)c(Br)s1)C1CCCC(S(C)(=O)=O)C1. The number of hydrogen-bond acceptors (Lipinski definition) is 4. The molecule has 2 rings (SSSR count). The normalized spacial score (nSPS) is 25.0. The van der Waals surface area contributed by atoms with Crippen molar-refractivity contribution < 1.29 is 8.42 Å². The molecule has 0 aromatic carbocycles. The van der Waals surface area contributed by atoms with Crippen LogP contribution in [0.4, 0.5) is 0 Å². The van der Waals surface area contributed by atoms with Gasteiger partial charge in [-0.2, -0.15) is 0 Å². The van der Waals surface area contributed by atoms with Gasteiger partial charge in [0.25, 0.3) is 0 Å². The van der Waals surface area contributed by atoms with Gasteiger partial charge in [0.05, 0.1) is 9.04 Å². The number of aryl methyl sites for hydroxylation is 1. The largest absolute Gasteiger partial charge is 0.309 e. The van der Waals surface area contributed by atoms with Crippen molar-refractivity contribution in [2.75, 3.05) is 12.8 Å². The standard InChI is InChI=1S/C15H24BrNO2S2/c1-4-17-14(13-8-10(2)15(16)20-13)11-6-5-7-12(9-11)21(3,18)19/h8,11-12,14,17H,4-7,9H2,1-3H3. The monoisotopic (exact) mass is 393 g/mol. The van der Waals surface area contributed by atoms with E-state index in [4.69, 9.17) is 0 Å². The number of halogens is 1. The highest BCUT2D eigenvalue weighted by molar-refractivity contribution is 9.11. The first-order chi connectivity index (χ1) is 9.82. The van der Waals surface area contributed by atoms with E-state index in [1.807, 2.05) is 0 Å². The Kier molecular flexibility index (Phi) is 5.91. The lowest BCUT2D eigenvalue weighted by Gasteiger charge is -2.34. The van der Waals surface area contributed by atoms with Crippen LogP contribution in [0.1, 0.15) is 49.1 Å². The second kappa shape index (κ2) is 7.11. The van der Waals surface area contributed by atoms with E-state index in [1.165, 1.54) is 20.5 Å². The van der Waals surface area contributed by atoms with Crippen molar-refractivity contribution in [3.05, 3.63) is 20.3 Å². The first kappa shape index (κ1) is 17.4. The second-order valence-corrected chi connectivity index (χ2v) is 10.7. The van der Waals surface area contributed by atoms with Crippen molar-refractivity contribution >= 4 is 37.1 Å². The summed E-state index contributed by atoms with van der Waals surface area (Å²) >= 11 is 5.37. The molecule has 1 saturated carbocycles. The first-order valence-corrected chi connectivity index (χ1v) is 11.1. The number of rotatable bonds is 5. The molecule has 0 bridgehead atoms. The molecule has 6 heteroatoms. The van der Waals surface area contributed by atoms with Crippen LogP contribution in [0, 0.1) is 12.8 Å². The summed E-state index contributed by atoms with van der Waals surface area (Å²) < 4.78 is 24.9. The minimum atomic E-state index is -2.93. The van der Waals surface area contributed by atoms with Gasteiger partial charge in [0, 0.05) is 17.2 Å². The first-order valence-electron chi connectivity index (χ1n) is 7.51. The van der Waals surface area contributed by atoms with E-state index >= 15 is 0 Å². The fourth-order valence-electron chi connectivity index (χ4n) is 3.23. The van der Waals surface area contributed by atoms with Gasteiger partial charge in [-0.3, -0.25) is 0 Å². The summed E-state index contributed by atoms with van der Waals surface area (Å²) in [6.45, 7) is 5.12. The molecule has 1 aromatic heterocycles. The Bertz CT molecular complexity index is 563. The van der Waals surface area contributed by atoms with Crippen LogP contribution in [0.5, 0.6) is 0 Å². The Morgan fingerprint density at radius 3 is 2.71 bits per heavy atom. The third-order valence-corrected chi connectivity index (χ3v) is 8.21. The van der Waals surface area contributed by atoms with Gasteiger partial charge in [-0.1, -0.05) is 13.3 Å². The summed E-state index contributed by atoms with van der Waals surface area (Å²) in [5.74, 6) is 0.406. The minimum absolute atomic E-state index is 0.165. The molecule has 3 atom stereocenters. The topological polar surface area (TPSA) is 46.2 Å². The Morgan fingerprint density at radius 2 is 2.19 bits per heavy atom. The van der Waals surface area contributed by atoms with E-state index in [9.17, 15) is 8.42 Å². The zero-order valence-corrected chi connectivity index (χ0v) is 16.1. The van der Waals surface area contributed by atoms with Gasteiger partial charge in [-0.15, -0.1) is 11.3 Å². The fourth-order valence-corrected chi connectivity index (χ4v) is 6.16. The van der Waals surface area contributed by atoms with E-state index in [0.29, 0.717) is 5.92 Å². The van der Waals surface area contributed by atoms with Crippen LogP contribution < -0.4 is 5.32 Å². The fraction of sp³-hybridized carbons (Fsp3) is 0.733. The Balaban J connectivity index is 2.21. The Labute approximate surface area is 140 Å². The van der Waals surface area contributed by atoms with Gasteiger partial charge in [0.2, 0.25) is 0 Å². The zero-order valence-electron chi connectivity index (χ0n) is 12.9. The summed E-state index contributed by atoms with van der Waals surface area (Å²) in [6, 6.07) is 2.50. The van der Waals surface area contributed by atoms with E-state index < -0.39 is 9.84 Å². The van der Waals surface area contributed by atoms with Crippen LogP contribution in [0.2, 0.25) is 0 Å². The maximum Gasteiger partial charge on any atom is 0.150 e. The molecule has 1 aliphatic rings. The predicted molar refractivity (Wildman–Crippen MR) is 93.8 cm³/mol. The lowest BCUT2D eigenvalue weighted by atomic mass is 9.83. The van der Waals surface area contributed by atoms with Crippen LogP contribution in [0.15, 0.2) is 9.85 Å². The summed E-state index contributed by atoms with van der Waals surface area (Å²) in [4.78, 5) is 1.32. The molecule has 1 heterocycles. The molecule has 0 aliphatic heterocycles. The molecule has 21 heavy (non-hydrogen) atoms. The molecule has 1 aliphatic carbocycles. The second-order valence-electron chi connectivity index (χ2n) is 6.02. The molecule has 0 spiro atoms. The van der Waals surface area contributed by atoms with Gasteiger partial charge >= 0.3 is 0 Å². The maximum absolute atomic E-state index is 11.9. The molecular weight excluding hydrogens is 370 g/mol. The van der Waals surface area contributed by atoms with Crippen LogP contribution in [0.25, 0.3) is 0 Å². The van der Waals surface area contributed by atoms with Gasteiger partial charge in [0.15, 0.2) is 0 Å². The maximum atomic E-state index is 11.9. The molecule has 120 valence electrons. The molecule has 0 saturated heterocycles. The van der Waals surface area contributed by atoms with Gasteiger partial charge in [-0.05, 0) is 66.2 Å². The van der Waals surface area contributed by atoms with Crippen LogP contribution >= 0.6 is 27.3 Å². The van der Waals surface area contributed by atoms with Gasteiger partial charge in [0.1, 0.15) is 9.84 Å². The van der Waals surface area contributed by atoms with Gasteiger partial charge < -0.3 is 5.32 Å². The highest BCUT2D eigenvalue weighted by atomic mass is 79.9. The van der Waals surface area contributed by atoms with Gasteiger partial charge in [-0.25, -0.2) is 8.42 Å². The number of nitrogens with one attached hydrogen (secondary N) is 1. The van der Waals surface area contributed by atoms with Crippen molar-refractivity contribution in [1.82, 2.24) is 5.32 Å². The molecule has 0 amide bonds. The minimum Gasteiger partial charge on any atom is -0.309 e. The van der Waals surface area contributed by atoms with Crippen molar-refractivity contribution in [2.45, 2.75) is 50.8 Å². The number of thiophene rings is 1. The molecule has 1 aromatic rings. The highest BCUT2D eigenvalue weighted by Gasteiger charge is 2.34. The smallest absolute Gasteiger partial charge is 0.150 e. The molecule has 3 nitrogen and oxygen atoms in total. The van der Waals surface area contributed by atoms with Crippen LogP contribution in [-0.2, 0) is 9.84 Å². The third kappa shape index (κ3) is 4.30. The average molecular weight is 394 g/mol. The Morgan fingerprint density at radius 1 is 1.48 bits per heavy atom. The van der Waals surface area contributed by atoms with Crippen molar-refractivity contribution in [2.24, 2.45) is 5.92 Å². The molecule has 3 unspecified atom stereocenters. The molecule has 1 fully saturated rings. The van der Waals surface area contributed by atoms with Crippen molar-refractivity contribution in [3.63, 3.8) is 0 Å². The van der Waals surface area contributed by atoms with Crippen LogP contribution in [-0.4, -0.2) is 26.5 Å². The Hall–Kier alpha value is 0.0900. The summed E-state index contributed by atoms with van der Waals surface area (Å²) in [6.07, 6.45) is 5.11. The summed E-state index contributed by atoms with van der Waals surface area (Å²) in [5.41, 5.74) is 1.26. The zero-order chi connectivity index (χ0) is 15.6. The molecule has 0 radical (unpaired) electrons. The van der Waals surface area contributed by atoms with Crippen molar-refractivity contribution in [1.29, 1.82) is 0 Å². The number of sulfone groups is 1. The third-order valence-electron chi connectivity index (χ3n) is 4.35. The van der Waals surface area contributed by atoms with Crippen molar-refractivity contribution in [3.8, 4) is 0 Å². The van der Waals surface area contributed by atoms with E-state index in [2.05, 4.69) is 41.2 Å². The summed E-state index contributed by atoms with van der Waals surface area (Å²) in [7, 11) is -2.93. The molecular formula is C15H24BrNO2S2. The van der Waals surface area contributed by atoms with E-state index in [-0.39, 0.29) is 11.3 Å². The summed E-state index contributed by atoms with van der Waals surface area (Å²) in [5, 5.41) is 3.41. The predicted octanol–water partition coefficient (Wildman–Crippen LogP) is 4.07. The average Bonchev–Trinajstić information content (AvgIpc) is 2.75.